The number of pyridine rings is 1. The second-order valence-corrected chi connectivity index (χ2v) is 4.43. The maximum Gasteiger partial charge on any atom is 0.101 e. The van der Waals surface area contributed by atoms with Crippen LogP contribution in [0.4, 0.5) is 0 Å². The zero-order valence-corrected chi connectivity index (χ0v) is 10.7. The minimum Gasteiger partial charge on any atom is -0.255 e. The Bertz CT molecular complexity index is 637. The van der Waals surface area contributed by atoms with Gasteiger partial charge in [-0.05, 0) is 42.3 Å². The molecule has 0 aliphatic carbocycles. The maximum atomic E-state index is 8.73. The van der Waals surface area contributed by atoms with Gasteiger partial charge >= 0.3 is 0 Å². The molecule has 0 amide bonds. The van der Waals surface area contributed by atoms with Gasteiger partial charge in [0.1, 0.15) is 6.07 Å². The number of rotatable bonds is 2. The van der Waals surface area contributed by atoms with Crippen LogP contribution in [0.5, 0.6) is 0 Å². The van der Waals surface area contributed by atoms with Crippen LogP contribution in [0.3, 0.4) is 0 Å². The molecule has 0 aliphatic rings. The van der Waals surface area contributed by atoms with Crippen LogP contribution >= 0.6 is 11.6 Å². The first-order valence-electron chi connectivity index (χ1n) is 5.44. The first kappa shape index (κ1) is 12.3. The highest BCUT2D eigenvalue weighted by molar-refractivity contribution is 6.32. The lowest BCUT2D eigenvalue weighted by molar-refractivity contribution is 1.30. The van der Waals surface area contributed by atoms with Gasteiger partial charge in [-0.3, -0.25) is 4.98 Å². The molecule has 0 radical (unpaired) electrons. The summed E-state index contributed by atoms with van der Waals surface area (Å²) < 4.78 is 0. The Morgan fingerprint density at radius 3 is 2.67 bits per heavy atom. The molecular formula is C15H11ClN2. The van der Waals surface area contributed by atoms with Gasteiger partial charge in [-0.25, -0.2) is 0 Å². The molecule has 88 valence electrons. The molecule has 0 spiro atoms. The highest BCUT2D eigenvalue weighted by atomic mass is 35.5. The third-order valence-corrected chi connectivity index (χ3v) is 2.94. The first-order chi connectivity index (χ1) is 8.61. The van der Waals surface area contributed by atoms with Gasteiger partial charge in [0, 0.05) is 16.8 Å². The van der Waals surface area contributed by atoms with Gasteiger partial charge in [-0.1, -0.05) is 24.2 Å². The van der Waals surface area contributed by atoms with Crippen molar-refractivity contribution in [1.82, 2.24) is 4.98 Å². The van der Waals surface area contributed by atoms with Crippen LogP contribution in [-0.4, -0.2) is 4.98 Å². The second-order valence-electron chi connectivity index (χ2n) is 4.02. The summed E-state index contributed by atoms with van der Waals surface area (Å²) in [4.78, 5) is 4.25. The minimum atomic E-state index is 0.549. The summed E-state index contributed by atoms with van der Waals surface area (Å²) in [7, 11) is 0. The van der Waals surface area contributed by atoms with Crippen molar-refractivity contribution in [1.29, 1.82) is 5.26 Å². The number of allylic oxidation sites excluding steroid dienone is 1. The molecule has 1 heterocycles. The van der Waals surface area contributed by atoms with Crippen LogP contribution < -0.4 is 0 Å². The van der Waals surface area contributed by atoms with Crippen molar-refractivity contribution in [2.45, 2.75) is 6.92 Å². The molecule has 0 bridgehead atoms. The van der Waals surface area contributed by atoms with E-state index in [2.05, 4.69) is 11.6 Å². The lowest BCUT2D eigenvalue weighted by Gasteiger charge is -2.07. The van der Waals surface area contributed by atoms with E-state index in [4.69, 9.17) is 16.9 Å². The van der Waals surface area contributed by atoms with E-state index < -0.39 is 0 Å². The smallest absolute Gasteiger partial charge is 0.101 e. The number of hydrogen-bond acceptors (Lipinski definition) is 2. The lowest BCUT2D eigenvalue weighted by atomic mass is 10.0. The van der Waals surface area contributed by atoms with Crippen LogP contribution in [0.1, 0.15) is 18.1 Å². The van der Waals surface area contributed by atoms with E-state index in [9.17, 15) is 0 Å². The van der Waals surface area contributed by atoms with Crippen LogP contribution in [0.25, 0.3) is 16.8 Å². The Morgan fingerprint density at radius 1 is 1.33 bits per heavy atom. The van der Waals surface area contributed by atoms with Crippen molar-refractivity contribution in [3.8, 4) is 17.3 Å². The summed E-state index contributed by atoms with van der Waals surface area (Å²) in [5.41, 5.74) is 4.15. The molecule has 0 aliphatic heterocycles. The van der Waals surface area contributed by atoms with Crippen LogP contribution in [0.2, 0.25) is 5.02 Å². The van der Waals surface area contributed by atoms with Gasteiger partial charge in [0.05, 0.1) is 11.3 Å². The number of nitrogens with zero attached hydrogens (tertiary/aromatic N) is 2. The molecule has 0 saturated heterocycles. The Kier molecular flexibility index (Phi) is 3.45. The van der Waals surface area contributed by atoms with Crippen molar-refractivity contribution in [2.24, 2.45) is 0 Å². The topological polar surface area (TPSA) is 36.7 Å². The van der Waals surface area contributed by atoms with E-state index in [-0.39, 0.29) is 0 Å². The molecular weight excluding hydrogens is 244 g/mol. The summed E-state index contributed by atoms with van der Waals surface area (Å²) in [5.74, 6) is 0. The largest absolute Gasteiger partial charge is 0.255 e. The van der Waals surface area contributed by atoms with E-state index >= 15 is 0 Å². The Morgan fingerprint density at radius 2 is 2.11 bits per heavy atom. The van der Waals surface area contributed by atoms with Crippen LogP contribution in [0.15, 0.2) is 43.1 Å². The predicted molar refractivity (Wildman–Crippen MR) is 74.1 cm³/mol. The lowest BCUT2D eigenvalue weighted by Crippen LogP contribution is -1.87. The maximum absolute atomic E-state index is 8.73. The third kappa shape index (κ3) is 2.42. The zero-order valence-electron chi connectivity index (χ0n) is 9.94. The van der Waals surface area contributed by atoms with Gasteiger partial charge < -0.3 is 0 Å². The normalized spacial score (nSPS) is 9.83. The fourth-order valence-electron chi connectivity index (χ4n) is 1.64. The van der Waals surface area contributed by atoms with E-state index in [1.165, 1.54) is 0 Å². The van der Waals surface area contributed by atoms with E-state index in [0.717, 1.165) is 22.4 Å². The monoisotopic (exact) mass is 254 g/mol. The summed E-state index contributed by atoms with van der Waals surface area (Å²) in [5, 5.41) is 9.41. The Labute approximate surface area is 111 Å². The van der Waals surface area contributed by atoms with E-state index in [1.54, 1.807) is 12.3 Å². The van der Waals surface area contributed by atoms with E-state index in [0.29, 0.717) is 10.6 Å². The molecule has 0 fully saturated rings. The number of hydrogen-bond donors (Lipinski definition) is 0. The minimum absolute atomic E-state index is 0.549. The molecule has 2 aromatic rings. The van der Waals surface area contributed by atoms with Gasteiger partial charge in [-0.2, -0.15) is 5.26 Å². The van der Waals surface area contributed by atoms with E-state index in [1.807, 2.05) is 37.3 Å². The van der Waals surface area contributed by atoms with Crippen molar-refractivity contribution < 1.29 is 0 Å². The Balaban J connectivity index is 2.48. The molecule has 0 atom stereocenters. The fourth-order valence-corrected chi connectivity index (χ4v) is 1.92. The van der Waals surface area contributed by atoms with Crippen LogP contribution in [-0.2, 0) is 0 Å². The molecule has 0 unspecified atom stereocenters. The molecule has 0 saturated carbocycles. The van der Waals surface area contributed by atoms with Gasteiger partial charge in [-0.15, -0.1) is 0 Å². The molecule has 2 nitrogen and oxygen atoms in total. The molecule has 0 N–H and O–H groups in total. The molecule has 18 heavy (non-hydrogen) atoms. The second kappa shape index (κ2) is 5.03. The van der Waals surface area contributed by atoms with Crippen LogP contribution in [0, 0.1) is 11.3 Å². The summed E-state index contributed by atoms with van der Waals surface area (Å²) in [6.07, 6.45) is 1.56. The summed E-state index contributed by atoms with van der Waals surface area (Å²) >= 11 is 6.10. The average Bonchev–Trinajstić information content (AvgIpc) is 2.39. The van der Waals surface area contributed by atoms with Crippen molar-refractivity contribution in [3.63, 3.8) is 0 Å². The number of benzene rings is 1. The zero-order chi connectivity index (χ0) is 13.1. The van der Waals surface area contributed by atoms with Gasteiger partial charge in [0.15, 0.2) is 0 Å². The Hall–Kier alpha value is -2.11. The molecule has 3 heteroatoms. The number of aromatic nitrogens is 1. The third-order valence-electron chi connectivity index (χ3n) is 2.61. The predicted octanol–water partition coefficient (Wildman–Crippen LogP) is 4.31. The quantitative estimate of drug-likeness (QED) is 0.801. The van der Waals surface area contributed by atoms with Crippen molar-refractivity contribution >= 4 is 17.2 Å². The first-order valence-corrected chi connectivity index (χ1v) is 5.81. The molecule has 1 aromatic heterocycles. The van der Waals surface area contributed by atoms with Gasteiger partial charge in [0.2, 0.25) is 0 Å². The fraction of sp³-hybridized carbons (Fsp3) is 0.0667. The van der Waals surface area contributed by atoms with Crippen molar-refractivity contribution in [2.75, 3.05) is 0 Å². The molecule has 1 aromatic carbocycles. The van der Waals surface area contributed by atoms with Gasteiger partial charge in [0.25, 0.3) is 0 Å². The standard InChI is InChI=1S/C15H11ClN2/c1-10(2)13-7-12(4-5-14(13)16)15-6-3-11(8-17)9-18-15/h3-7,9H,1H2,2H3. The molecule has 2 rings (SSSR count). The highest BCUT2D eigenvalue weighted by Gasteiger charge is 2.05. The number of halogens is 1. The average molecular weight is 255 g/mol. The number of nitriles is 1. The van der Waals surface area contributed by atoms with Crippen molar-refractivity contribution in [3.05, 3.63) is 59.3 Å². The summed E-state index contributed by atoms with van der Waals surface area (Å²) in [6, 6.07) is 11.3. The highest BCUT2D eigenvalue weighted by Crippen LogP contribution is 2.28. The summed E-state index contributed by atoms with van der Waals surface area (Å²) in [6.45, 7) is 5.81. The SMILES string of the molecule is C=C(C)c1cc(-c2ccc(C#N)cn2)ccc1Cl.